The summed E-state index contributed by atoms with van der Waals surface area (Å²) in [5, 5.41) is 4.59. The number of benzene rings is 2. The summed E-state index contributed by atoms with van der Waals surface area (Å²) in [4.78, 5) is 3.21. The number of ether oxygens (including phenoxy) is 1. The molecule has 2 heterocycles. The summed E-state index contributed by atoms with van der Waals surface area (Å²) < 4.78 is 33.1. The summed E-state index contributed by atoms with van der Waals surface area (Å²) in [6, 6.07) is 8.66. The maximum Gasteiger partial charge on any atom is 0.165 e. The number of hydrogen-bond donors (Lipinski definition) is 2. The van der Waals surface area contributed by atoms with Crippen molar-refractivity contribution in [1.82, 2.24) is 10.3 Å². The fourth-order valence-corrected chi connectivity index (χ4v) is 4.15. The fourth-order valence-electron chi connectivity index (χ4n) is 4.15. The maximum absolute atomic E-state index is 13.9. The molecule has 0 fully saturated rings. The van der Waals surface area contributed by atoms with Crippen molar-refractivity contribution >= 4 is 10.9 Å². The molecule has 3 aromatic rings. The normalized spacial score (nSPS) is 17.4. The van der Waals surface area contributed by atoms with E-state index in [0.29, 0.717) is 18.4 Å². The van der Waals surface area contributed by atoms with Crippen molar-refractivity contribution in [2.45, 2.75) is 51.6 Å². The Morgan fingerprint density at radius 1 is 1.25 bits per heavy atom. The second-order valence-electron chi connectivity index (χ2n) is 7.85. The van der Waals surface area contributed by atoms with Gasteiger partial charge in [0.2, 0.25) is 0 Å². The van der Waals surface area contributed by atoms with E-state index in [2.05, 4.69) is 17.2 Å². The van der Waals surface area contributed by atoms with Crippen LogP contribution >= 0.6 is 0 Å². The number of halogens is 2. The number of rotatable bonds is 6. The summed E-state index contributed by atoms with van der Waals surface area (Å²) in [7, 11) is 0. The standard InChI is InChI=1S/C23H26F2N2O/c1-14-6-8-21(25)23-19(14)11-18(13-28-23)27-15(2)4-3-5-16-12-26-22-9-7-17(24)10-20(16)22/h6-10,12,15,18,26-27H,3-5,11,13H2,1-2H3. The van der Waals surface area contributed by atoms with Gasteiger partial charge in [-0.05, 0) is 74.9 Å². The van der Waals surface area contributed by atoms with Crippen LogP contribution in [0.15, 0.2) is 36.5 Å². The van der Waals surface area contributed by atoms with E-state index in [1.54, 1.807) is 12.1 Å². The lowest BCUT2D eigenvalue weighted by molar-refractivity contribution is 0.217. The second kappa shape index (κ2) is 7.92. The average molecular weight is 384 g/mol. The Bertz CT molecular complexity index is 982. The number of aromatic nitrogens is 1. The maximum atomic E-state index is 13.9. The highest BCUT2D eigenvalue weighted by Gasteiger charge is 2.24. The predicted octanol–water partition coefficient (Wildman–Crippen LogP) is 5.06. The van der Waals surface area contributed by atoms with Crippen molar-refractivity contribution in [1.29, 1.82) is 0 Å². The zero-order chi connectivity index (χ0) is 19.7. The molecule has 1 aliphatic rings. The molecule has 1 aromatic heterocycles. The SMILES string of the molecule is Cc1ccc(F)c2c1CC(NC(C)CCCc1c[nH]c3ccc(F)cc13)CO2. The van der Waals surface area contributed by atoms with Gasteiger partial charge in [-0.3, -0.25) is 0 Å². The monoisotopic (exact) mass is 384 g/mol. The Morgan fingerprint density at radius 2 is 2.11 bits per heavy atom. The molecule has 2 N–H and O–H groups in total. The van der Waals surface area contributed by atoms with Crippen LogP contribution in [0.5, 0.6) is 5.75 Å². The lowest BCUT2D eigenvalue weighted by atomic mass is 9.96. The molecule has 4 rings (SSSR count). The van der Waals surface area contributed by atoms with Crippen LogP contribution in [0, 0.1) is 18.6 Å². The van der Waals surface area contributed by atoms with E-state index in [0.717, 1.165) is 53.3 Å². The molecular weight excluding hydrogens is 358 g/mol. The molecule has 0 aliphatic carbocycles. The lowest BCUT2D eigenvalue weighted by Gasteiger charge is -2.30. The molecule has 28 heavy (non-hydrogen) atoms. The minimum Gasteiger partial charge on any atom is -0.489 e. The molecule has 2 atom stereocenters. The first-order valence-corrected chi connectivity index (χ1v) is 9.93. The van der Waals surface area contributed by atoms with E-state index in [9.17, 15) is 8.78 Å². The number of H-pyrrole nitrogens is 1. The zero-order valence-electron chi connectivity index (χ0n) is 16.3. The van der Waals surface area contributed by atoms with Gasteiger partial charge in [-0.2, -0.15) is 0 Å². The number of hydrogen-bond acceptors (Lipinski definition) is 2. The van der Waals surface area contributed by atoms with Crippen molar-refractivity contribution in [2.75, 3.05) is 6.61 Å². The Balaban J connectivity index is 1.31. The van der Waals surface area contributed by atoms with Gasteiger partial charge in [-0.1, -0.05) is 6.07 Å². The van der Waals surface area contributed by atoms with Gasteiger partial charge in [0, 0.05) is 34.7 Å². The molecule has 3 nitrogen and oxygen atoms in total. The van der Waals surface area contributed by atoms with Crippen molar-refractivity contribution in [3.05, 3.63) is 64.9 Å². The van der Waals surface area contributed by atoms with Crippen LogP contribution in [-0.2, 0) is 12.8 Å². The summed E-state index contributed by atoms with van der Waals surface area (Å²) in [5.41, 5.74) is 4.17. The molecule has 0 bridgehead atoms. The number of nitrogens with one attached hydrogen (secondary N) is 2. The topological polar surface area (TPSA) is 37.0 Å². The molecule has 0 saturated carbocycles. The van der Waals surface area contributed by atoms with Gasteiger partial charge in [0.1, 0.15) is 12.4 Å². The van der Waals surface area contributed by atoms with Crippen LogP contribution in [0.4, 0.5) is 8.78 Å². The van der Waals surface area contributed by atoms with Gasteiger partial charge in [0.25, 0.3) is 0 Å². The van der Waals surface area contributed by atoms with E-state index < -0.39 is 0 Å². The first-order valence-electron chi connectivity index (χ1n) is 9.93. The molecule has 2 unspecified atom stereocenters. The number of fused-ring (bicyclic) bond motifs is 2. The van der Waals surface area contributed by atoms with Gasteiger partial charge in [0.15, 0.2) is 11.6 Å². The fraction of sp³-hybridized carbons (Fsp3) is 0.391. The van der Waals surface area contributed by atoms with Gasteiger partial charge in [-0.25, -0.2) is 8.78 Å². The Kier molecular flexibility index (Phi) is 5.36. The molecule has 0 spiro atoms. The van der Waals surface area contributed by atoms with E-state index in [1.807, 2.05) is 19.2 Å². The van der Waals surface area contributed by atoms with Crippen LogP contribution in [0.3, 0.4) is 0 Å². The quantitative estimate of drug-likeness (QED) is 0.623. The van der Waals surface area contributed by atoms with Crippen LogP contribution < -0.4 is 10.1 Å². The van der Waals surface area contributed by atoms with Gasteiger partial charge in [-0.15, -0.1) is 0 Å². The first-order chi connectivity index (χ1) is 13.5. The molecular formula is C23H26F2N2O. The predicted molar refractivity (Wildman–Crippen MR) is 108 cm³/mol. The van der Waals surface area contributed by atoms with Gasteiger partial charge >= 0.3 is 0 Å². The number of aromatic amines is 1. The van der Waals surface area contributed by atoms with Crippen molar-refractivity contribution in [2.24, 2.45) is 0 Å². The van der Waals surface area contributed by atoms with E-state index in [-0.39, 0.29) is 17.7 Å². The summed E-state index contributed by atoms with van der Waals surface area (Å²) >= 11 is 0. The minimum atomic E-state index is -0.276. The molecule has 1 aliphatic heterocycles. The van der Waals surface area contributed by atoms with Crippen molar-refractivity contribution in [3.8, 4) is 5.75 Å². The van der Waals surface area contributed by atoms with E-state index in [1.165, 1.54) is 12.1 Å². The van der Waals surface area contributed by atoms with Gasteiger partial charge in [0.05, 0.1) is 0 Å². The van der Waals surface area contributed by atoms with Crippen LogP contribution in [-0.4, -0.2) is 23.7 Å². The summed E-state index contributed by atoms with van der Waals surface area (Å²) in [5.74, 6) is -0.0627. The Morgan fingerprint density at radius 3 is 2.96 bits per heavy atom. The third kappa shape index (κ3) is 3.90. The molecule has 0 radical (unpaired) electrons. The molecule has 5 heteroatoms. The van der Waals surface area contributed by atoms with Crippen LogP contribution in [0.1, 0.15) is 36.5 Å². The third-order valence-corrected chi connectivity index (χ3v) is 5.66. The summed E-state index contributed by atoms with van der Waals surface area (Å²) in [6.45, 7) is 4.65. The van der Waals surface area contributed by atoms with E-state index in [4.69, 9.17) is 4.74 Å². The zero-order valence-corrected chi connectivity index (χ0v) is 16.3. The molecule has 148 valence electrons. The van der Waals surface area contributed by atoms with Crippen LogP contribution in [0.25, 0.3) is 10.9 Å². The molecule has 2 aromatic carbocycles. The smallest absolute Gasteiger partial charge is 0.165 e. The van der Waals surface area contributed by atoms with Crippen molar-refractivity contribution < 1.29 is 13.5 Å². The van der Waals surface area contributed by atoms with Gasteiger partial charge < -0.3 is 15.0 Å². The first kappa shape index (κ1) is 18.9. The third-order valence-electron chi connectivity index (χ3n) is 5.66. The van der Waals surface area contributed by atoms with E-state index >= 15 is 0 Å². The largest absolute Gasteiger partial charge is 0.489 e. The highest BCUT2D eigenvalue weighted by atomic mass is 19.1. The van der Waals surface area contributed by atoms with Crippen molar-refractivity contribution in [3.63, 3.8) is 0 Å². The highest BCUT2D eigenvalue weighted by molar-refractivity contribution is 5.83. The Labute approximate surface area is 164 Å². The summed E-state index contributed by atoms with van der Waals surface area (Å²) in [6.07, 6.45) is 5.68. The molecule has 0 saturated heterocycles. The molecule has 0 amide bonds. The highest BCUT2D eigenvalue weighted by Crippen LogP contribution is 2.30. The van der Waals surface area contributed by atoms with Crippen LogP contribution in [0.2, 0.25) is 0 Å². The Hall–Kier alpha value is -2.40. The average Bonchev–Trinajstić information content (AvgIpc) is 3.07. The lowest BCUT2D eigenvalue weighted by Crippen LogP contribution is -2.44. The minimum absolute atomic E-state index is 0.185. The number of aryl methyl sites for hydroxylation is 2. The second-order valence-corrected chi connectivity index (χ2v) is 7.85.